The molecule has 0 unspecified atom stereocenters. The molecule has 6 heteroatoms. The molecule has 1 heterocycles. The Kier molecular flexibility index (Phi) is 4.63. The highest BCUT2D eigenvalue weighted by Crippen LogP contribution is 2.16. The SMILES string of the molecule is C/C(N)=C(/C#N)C(=O)COC(=O)c1sccc1C. The minimum absolute atomic E-state index is 0.117. The molecule has 5 nitrogen and oxygen atoms in total. The molecule has 1 aromatic rings. The van der Waals surface area contributed by atoms with Crippen LogP contribution in [0.4, 0.5) is 0 Å². The van der Waals surface area contributed by atoms with E-state index in [1.54, 1.807) is 24.4 Å². The van der Waals surface area contributed by atoms with Crippen LogP contribution in [0.2, 0.25) is 0 Å². The zero-order valence-corrected chi connectivity index (χ0v) is 10.8. The Hall–Kier alpha value is -2.13. The third-order valence-electron chi connectivity index (χ3n) is 2.17. The number of carbonyl (C=O) groups excluding carboxylic acids is 2. The number of hydrogen-bond donors (Lipinski definition) is 1. The van der Waals surface area contributed by atoms with E-state index in [1.807, 2.05) is 0 Å². The number of rotatable bonds is 4. The highest BCUT2D eigenvalue weighted by molar-refractivity contribution is 7.12. The summed E-state index contributed by atoms with van der Waals surface area (Å²) in [5.74, 6) is -1.16. The van der Waals surface area contributed by atoms with Crippen molar-refractivity contribution in [2.45, 2.75) is 13.8 Å². The summed E-state index contributed by atoms with van der Waals surface area (Å²) in [7, 11) is 0. The summed E-state index contributed by atoms with van der Waals surface area (Å²) in [6.07, 6.45) is 0. The van der Waals surface area contributed by atoms with Crippen LogP contribution in [0.3, 0.4) is 0 Å². The van der Waals surface area contributed by atoms with E-state index in [4.69, 9.17) is 15.7 Å². The van der Waals surface area contributed by atoms with Crippen LogP contribution in [0.5, 0.6) is 0 Å². The summed E-state index contributed by atoms with van der Waals surface area (Å²) in [6.45, 7) is 2.74. The molecule has 0 bridgehead atoms. The number of ether oxygens (including phenoxy) is 1. The van der Waals surface area contributed by atoms with Crippen molar-refractivity contribution in [1.82, 2.24) is 0 Å². The monoisotopic (exact) mass is 264 g/mol. The van der Waals surface area contributed by atoms with Gasteiger partial charge >= 0.3 is 5.97 Å². The summed E-state index contributed by atoms with van der Waals surface area (Å²) in [6, 6.07) is 3.47. The second-order valence-electron chi connectivity index (χ2n) is 3.60. The molecule has 0 atom stereocenters. The Morgan fingerprint density at radius 2 is 2.22 bits per heavy atom. The zero-order chi connectivity index (χ0) is 13.7. The van der Waals surface area contributed by atoms with Crippen molar-refractivity contribution in [2.75, 3.05) is 6.61 Å². The third-order valence-corrected chi connectivity index (χ3v) is 3.16. The van der Waals surface area contributed by atoms with Crippen molar-refractivity contribution in [1.29, 1.82) is 5.26 Å². The first-order valence-electron chi connectivity index (χ1n) is 5.08. The standard InChI is InChI=1S/C12H12N2O3S/c1-7-3-4-18-11(7)12(16)17-6-10(15)9(5-13)8(2)14/h3-4H,6,14H2,1-2H3/b9-8+. The lowest BCUT2D eigenvalue weighted by Gasteiger charge is -2.03. The van der Waals surface area contributed by atoms with E-state index in [9.17, 15) is 9.59 Å². The largest absolute Gasteiger partial charge is 0.453 e. The van der Waals surface area contributed by atoms with Crippen molar-refractivity contribution in [2.24, 2.45) is 5.73 Å². The summed E-state index contributed by atoms with van der Waals surface area (Å²) in [5, 5.41) is 10.5. The van der Waals surface area contributed by atoms with E-state index in [0.717, 1.165) is 5.56 Å². The maximum atomic E-state index is 11.6. The van der Waals surface area contributed by atoms with Gasteiger partial charge in [-0.25, -0.2) is 4.79 Å². The second kappa shape index (κ2) is 5.98. The first-order valence-corrected chi connectivity index (χ1v) is 5.96. The van der Waals surface area contributed by atoms with Gasteiger partial charge in [-0.1, -0.05) is 0 Å². The lowest BCUT2D eigenvalue weighted by molar-refractivity contribution is -0.118. The Balaban J connectivity index is 2.66. The minimum atomic E-state index is -0.597. The fourth-order valence-electron chi connectivity index (χ4n) is 1.22. The molecule has 0 radical (unpaired) electrons. The van der Waals surface area contributed by atoms with Crippen LogP contribution < -0.4 is 5.73 Å². The predicted molar refractivity (Wildman–Crippen MR) is 66.8 cm³/mol. The highest BCUT2D eigenvalue weighted by Gasteiger charge is 2.17. The van der Waals surface area contributed by atoms with Gasteiger partial charge in [0, 0.05) is 5.70 Å². The fraction of sp³-hybridized carbons (Fsp3) is 0.250. The first kappa shape index (κ1) is 13.9. The van der Waals surface area contributed by atoms with Gasteiger partial charge in [0.1, 0.15) is 16.5 Å². The van der Waals surface area contributed by atoms with Crippen LogP contribution in [-0.2, 0) is 9.53 Å². The molecule has 0 saturated heterocycles. The van der Waals surface area contributed by atoms with E-state index >= 15 is 0 Å². The fourth-order valence-corrected chi connectivity index (χ4v) is 2.04. The van der Waals surface area contributed by atoms with Crippen molar-refractivity contribution in [3.63, 3.8) is 0 Å². The van der Waals surface area contributed by atoms with Gasteiger partial charge in [0.25, 0.3) is 0 Å². The van der Waals surface area contributed by atoms with Crippen LogP contribution in [0.25, 0.3) is 0 Å². The van der Waals surface area contributed by atoms with Crippen LogP contribution in [0, 0.1) is 18.3 Å². The number of allylic oxidation sites excluding steroid dienone is 1. The zero-order valence-electron chi connectivity index (χ0n) is 10.0. The van der Waals surface area contributed by atoms with Crippen LogP contribution >= 0.6 is 11.3 Å². The third kappa shape index (κ3) is 3.18. The maximum Gasteiger partial charge on any atom is 0.349 e. The number of nitrogens with zero attached hydrogens (tertiary/aromatic N) is 1. The van der Waals surface area contributed by atoms with Crippen LogP contribution in [0.1, 0.15) is 22.2 Å². The molecule has 0 saturated carbocycles. The Morgan fingerprint density at radius 1 is 1.56 bits per heavy atom. The Bertz CT molecular complexity index is 548. The average molecular weight is 264 g/mol. The maximum absolute atomic E-state index is 11.6. The predicted octanol–water partition coefficient (Wildman–Crippen LogP) is 1.54. The highest BCUT2D eigenvalue weighted by atomic mass is 32.1. The van der Waals surface area contributed by atoms with E-state index in [2.05, 4.69) is 0 Å². The number of ketones is 1. The molecule has 2 N–H and O–H groups in total. The molecule has 0 aliphatic heterocycles. The Labute approximate surface area is 108 Å². The average Bonchev–Trinajstić information content (AvgIpc) is 2.72. The lowest BCUT2D eigenvalue weighted by Crippen LogP contribution is -2.17. The van der Waals surface area contributed by atoms with Crippen molar-refractivity contribution in [3.05, 3.63) is 33.2 Å². The van der Waals surface area contributed by atoms with Gasteiger partial charge in [0.05, 0.1) is 0 Å². The van der Waals surface area contributed by atoms with Gasteiger partial charge in [-0.3, -0.25) is 4.79 Å². The summed E-state index contributed by atoms with van der Waals surface area (Å²) < 4.78 is 4.84. The molecule has 1 rings (SSSR count). The number of carbonyl (C=O) groups is 2. The number of hydrogen-bond acceptors (Lipinski definition) is 6. The molecule has 0 aromatic carbocycles. The second-order valence-corrected chi connectivity index (χ2v) is 4.52. The number of nitriles is 1. The molecule has 94 valence electrons. The molecule has 0 spiro atoms. The summed E-state index contributed by atoms with van der Waals surface area (Å²) >= 11 is 1.24. The number of Topliss-reactive ketones (excluding diaryl/α,β-unsaturated/α-hetero) is 1. The molecule has 18 heavy (non-hydrogen) atoms. The van der Waals surface area contributed by atoms with E-state index < -0.39 is 18.4 Å². The minimum Gasteiger partial charge on any atom is -0.453 e. The topological polar surface area (TPSA) is 93.2 Å². The van der Waals surface area contributed by atoms with Gasteiger partial charge in [-0.05, 0) is 30.9 Å². The van der Waals surface area contributed by atoms with Crippen molar-refractivity contribution >= 4 is 23.1 Å². The number of esters is 1. The molecule has 1 aromatic heterocycles. The Morgan fingerprint density at radius 3 is 2.67 bits per heavy atom. The first-order chi connectivity index (χ1) is 8.47. The lowest BCUT2D eigenvalue weighted by atomic mass is 10.1. The van der Waals surface area contributed by atoms with Gasteiger partial charge in [-0.2, -0.15) is 5.26 Å². The van der Waals surface area contributed by atoms with Crippen LogP contribution in [-0.4, -0.2) is 18.4 Å². The van der Waals surface area contributed by atoms with Gasteiger partial charge in [0.15, 0.2) is 6.61 Å². The molecular formula is C12H12N2O3S. The molecule has 0 amide bonds. The quantitative estimate of drug-likeness (QED) is 0.506. The number of nitrogens with two attached hydrogens (primary N) is 1. The smallest absolute Gasteiger partial charge is 0.349 e. The number of thiophene rings is 1. The van der Waals surface area contributed by atoms with E-state index in [1.165, 1.54) is 18.3 Å². The van der Waals surface area contributed by atoms with Crippen LogP contribution in [0.15, 0.2) is 22.7 Å². The number of aryl methyl sites for hydroxylation is 1. The van der Waals surface area contributed by atoms with Gasteiger partial charge in [-0.15, -0.1) is 11.3 Å². The van der Waals surface area contributed by atoms with Crippen molar-refractivity contribution in [3.8, 4) is 6.07 Å². The van der Waals surface area contributed by atoms with E-state index in [-0.39, 0.29) is 11.3 Å². The molecular weight excluding hydrogens is 252 g/mol. The normalized spacial score (nSPS) is 11.4. The van der Waals surface area contributed by atoms with Gasteiger partial charge < -0.3 is 10.5 Å². The van der Waals surface area contributed by atoms with E-state index in [0.29, 0.717) is 4.88 Å². The summed E-state index contributed by atoms with van der Waals surface area (Å²) in [4.78, 5) is 23.6. The summed E-state index contributed by atoms with van der Waals surface area (Å²) in [5.41, 5.74) is 6.11. The molecule has 0 fully saturated rings. The van der Waals surface area contributed by atoms with Gasteiger partial charge in [0.2, 0.25) is 5.78 Å². The molecule has 0 aliphatic rings. The molecule has 0 aliphatic carbocycles. The van der Waals surface area contributed by atoms with Crippen molar-refractivity contribution < 1.29 is 14.3 Å².